The molecule has 8 nitrogen and oxygen atoms in total. The van der Waals surface area contributed by atoms with Crippen LogP contribution in [0.4, 0.5) is 0 Å². The molecule has 9 heteroatoms. The van der Waals surface area contributed by atoms with Crippen LogP contribution in [0.1, 0.15) is 10.4 Å². The van der Waals surface area contributed by atoms with Gasteiger partial charge in [0.15, 0.2) is 5.75 Å². The summed E-state index contributed by atoms with van der Waals surface area (Å²) in [7, 11) is -3.81. The number of rotatable bonds is 4. The van der Waals surface area contributed by atoms with Gasteiger partial charge in [0, 0.05) is 24.7 Å². The molecule has 148 valence electrons. The van der Waals surface area contributed by atoms with Gasteiger partial charge in [-0.1, -0.05) is 18.2 Å². The smallest absolute Gasteiger partial charge is 0.343 e. The number of fused-ring (bicyclic) bond motifs is 1. The molecule has 0 atom stereocenters. The van der Waals surface area contributed by atoms with Gasteiger partial charge < -0.3 is 10.1 Å². The molecule has 0 bridgehead atoms. The fourth-order valence-electron chi connectivity index (χ4n) is 3.05. The molecule has 1 aliphatic heterocycles. The van der Waals surface area contributed by atoms with Crippen LogP contribution in [0.3, 0.4) is 0 Å². The van der Waals surface area contributed by atoms with E-state index in [9.17, 15) is 18.0 Å². The zero-order valence-electron chi connectivity index (χ0n) is 15.2. The summed E-state index contributed by atoms with van der Waals surface area (Å²) in [5, 5.41) is 3.42. The number of nitrogens with zero attached hydrogens (tertiary/aromatic N) is 2. The van der Waals surface area contributed by atoms with E-state index in [4.69, 9.17) is 4.74 Å². The third-order valence-corrected chi connectivity index (χ3v) is 6.39. The van der Waals surface area contributed by atoms with Crippen LogP contribution in [0, 0.1) is 0 Å². The summed E-state index contributed by atoms with van der Waals surface area (Å²) in [6.45, 7) is 0.244. The van der Waals surface area contributed by atoms with Crippen molar-refractivity contribution in [3.05, 3.63) is 66.4 Å². The summed E-state index contributed by atoms with van der Waals surface area (Å²) >= 11 is 0. The predicted octanol–water partition coefficient (Wildman–Crippen LogP) is 1.57. The first-order valence-corrected chi connectivity index (χ1v) is 10.3. The zero-order valence-corrected chi connectivity index (χ0v) is 16.1. The van der Waals surface area contributed by atoms with Crippen LogP contribution in [0.2, 0.25) is 0 Å². The third-order valence-electron chi connectivity index (χ3n) is 4.53. The molecule has 1 aliphatic rings. The molecule has 2 heterocycles. The monoisotopic (exact) mass is 411 g/mol. The minimum Gasteiger partial charge on any atom is -0.421 e. The zero-order chi connectivity index (χ0) is 20.4. The molecule has 4 rings (SSSR count). The first-order chi connectivity index (χ1) is 13.9. The number of ether oxygens (including phenoxy) is 1. The number of benzene rings is 2. The van der Waals surface area contributed by atoms with E-state index in [1.165, 1.54) is 24.3 Å². The minimum atomic E-state index is -3.81. The van der Waals surface area contributed by atoms with Gasteiger partial charge >= 0.3 is 5.97 Å². The quantitative estimate of drug-likeness (QED) is 0.516. The van der Waals surface area contributed by atoms with Crippen molar-refractivity contribution in [3.8, 4) is 5.75 Å². The van der Waals surface area contributed by atoms with Crippen molar-refractivity contribution in [1.29, 1.82) is 0 Å². The number of nitrogens with one attached hydrogen (secondary N) is 1. The van der Waals surface area contributed by atoms with Gasteiger partial charge in [-0.3, -0.25) is 9.78 Å². The highest BCUT2D eigenvalue weighted by molar-refractivity contribution is 7.89. The van der Waals surface area contributed by atoms with Gasteiger partial charge in [0.2, 0.25) is 15.9 Å². The molecule has 29 heavy (non-hydrogen) atoms. The lowest BCUT2D eigenvalue weighted by atomic mass is 10.2. The van der Waals surface area contributed by atoms with Crippen LogP contribution >= 0.6 is 0 Å². The van der Waals surface area contributed by atoms with Crippen molar-refractivity contribution in [2.75, 3.05) is 19.6 Å². The van der Waals surface area contributed by atoms with Crippen LogP contribution < -0.4 is 10.1 Å². The van der Waals surface area contributed by atoms with Gasteiger partial charge in [-0.25, -0.2) is 13.2 Å². The molecule has 0 aliphatic carbocycles. The van der Waals surface area contributed by atoms with Crippen molar-refractivity contribution in [2.45, 2.75) is 4.90 Å². The maximum absolute atomic E-state index is 12.7. The molecule has 1 amide bonds. The van der Waals surface area contributed by atoms with Crippen molar-refractivity contribution < 1.29 is 22.7 Å². The number of esters is 1. The topological polar surface area (TPSA) is 106 Å². The van der Waals surface area contributed by atoms with Gasteiger partial charge in [-0.15, -0.1) is 0 Å². The van der Waals surface area contributed by atoms with E-state index in [0.717, 1.165) is 9.69 Å². The Morgan fingerprint density at radius 2 is 1.83 bits per heavy atom. The fraction of sp³-hybridized carbons (Fsp3) is 0.150. The Labute approximate surface area is 167 Å². The summed E-state index contributed by atoms with van der Waals surface area (Å²) in [5.74, 6) is -0.641. The summed E-state index contributed by atoms with van der Waals surface area (Å²) in [4.78, 5) is 28.2. The molecule has 0 radical (unpaired) electrons. The Morgan fingerprint density at radius 3 is 2.59 bits per heavy atom. The van der Waals surface area contributed by atoms with Gasteiger partial charge in [0.05, 0.1) is 17.0 Å². The fourth-order valence-corrected chi connectivity index (χ4v) is 4.45. The number of sulfonamides is 1. The Bertz CT molecular complexity index is 1190. The lowest BCUT2D eigenvalue weighted by Gasteiger charge is -2.25. The molecule has 1 aromatic heterocycles. The lowest BCUT2D eigenvalue weighted by Crippen LogP contribution is -2.49. The summed E-state index contributed by atoms with van der Waals surface area (Å²) < 4.78 is 31.9. The number of piperazine rings is 1. The lowest BCUT2D eigenvalue weighted by molar-refractivity contribution is -0.122. The highest BCUT2D eigenvalue weighted by Crippen LogP contribution is 2.24. The maximum atomic E-state index is 12.7. The van der Waals surface area contributed by atoms with Gasteiger partial charge in [0.1, 0.15) is 5.52 Å². The Hall–Kier alpha value is -3.30. The Morgan fingerprint density at radius 1 is 1.07 bits per heavy atom. The van der Waals surface area contributed by atoms with Crippen LogP contribution in [0.15, 0.2) is 65.7 Å². The first-order valence-electron chi connectivity index (χ1n) is 8.88. The third kappa shape index (κ3) is 3.82. The molecule has 0 spiro atoms. The van der Waals surface area contributed by atoms with Crippen molar-refractivity contribution in [3.63, 3.8) is 0 Å². The minimum absolute atomic E-state index is 0.00979. The second-order valence-electron chi connectivity index (χ2n) is 6.43. The maximum Gasteiger partial charge on any atom is 0.343 e. The van der Waals surface area contributed by atoms with E-state index in [0.29, 0.717) is 11.3 Å². The van der Waals surface area contributed by atoms with Crippen molar-refractivity contribution >= 4 is 32.8 Å². The molecular weight excluding hydrogens is 394 g/mol. The van der Waals surface area contributed by atoms with E-state index in [2.05, 4.69) is 10.3 Å². The van der Waals surface area contributed by atoms with E-state index < -0.39 is 16.0 Å². The summed E-state index contributed by atoms with van der Waals surface area (Å²) in [6, 6.07) is 14.4. The van der Waals surface area contributed by atoms with E-state index in [-0.39, 0.29) is 36.0 Å². The molecular formula is C20H17N3O5S. The molecule has 0 saturated carbocycles. The molecule has 2 aromatic carbocycles. The molecule has 1 fully saturated rings. The second kappa shape index (κ2) is 7.61. The standard InChI is InChI=1S/C20H17N3O5S/c24-18-13-23(12-11-21-18)29(26,27)16-8-6-15(7-9-16)20(25)28-17-5-1-3-14-4-2-10-22-19(14)17/h1-10H,11-13H2,(H,21,24). The number of para-hydroxylation sites is 1. The number of aromatic nitrogens is 1. The van der Waals surface area contributed by atoms with Crippen molar-refractivity contribution in [2.24, 2.45) is 0 Å². The first kappa shape index (κ1) is 19.0. The van der Waals surface area contributed by atoms with Gasteiger partial charge in [0.25, 0.3) is 0 Å². The molecule has 1 N–H and O–H groups in total. The Kier molecular flexibility index (Phi) is 4.99. The van der Waals surface area contributed by atoms with E-state index >= 15 is 0 Å². The van der Waals surface area contributed by atoms with E-state index in [1.807, 2.05) is 12.1 Å². The predicted molar refractivity (Wildman–Crippen MR) is 105 cm³/mol. The second-order valence-corrected chi connectivity index (χ2v) is 8.37. The van der Waals surface area contributed by atoms with E-state index in [1.54, 1.807) is 24.4 Å². The summed E-state index contributed by atoms with van der Waals surface area (Å²) in [6.07, 6.45) is 1.61. The highest BCUT2D eigenvalue weighted by atomic mass is 32.2. The molecule has 1 saturated heterocycles. The van der Waals surface area contributed by atoms with Crippen LogP contribution in [0.5, 0.6) is 5.75 Å². The SMILES string of the molecule is O=C1CN(S(=O)(=O)c2ccc(C(=O)Oc3cccc4cccnc34)cc2)CCN1. The number of carbonyl (C=O) groups is 2. The average Bonchev–Trinajstić information content (AvgIpc) is 2.74. The number of hydrogen-bond donors (Lipinski definition) is 1. The normalized spacial score (nSPS) is 15.1. The Balaban J connectivity index is 1.54. The number of carbonyl (C=O) groups excluding carboxylic acids is 2. The molecule has 0 unspecified atom stereocenters. The summed E-state index contributed by atoms with van der Waals surface area (Å²) in [5.41, 5.74) is 0.763. The number of pyridine rings is 1. The average molecular weight is 411 g/mol. The molecule has 3 aromatic rings. The number of hydrogen-bond acceptors (Lipinski definition) is 6. The van der Waals surface area contributed by atoms with Crippen molar-refractivity contribution in [1.82, 2.24) is 14.6 Å². The number of amides is 1. The van der Waals surface area contributed by atoms with Gasteiger partial charge in [-0.2, -0.15) is 4.31 Å². The van der Waals surface area contributed by atoms with Crippen LogP contribution in [-0.4, -0.2) is 49.2 Å². The largest absolute Gasteiger partial charge is 0.421 e. The highest BCUT2D eigenvalue weighted by Gasteiger charge is 2.29. The van der Waals surface area contributed by atoms with Crippen LogP contribution in [0.25, 0.3) is 10.9 Å². The van der Waals surface area contributed by atoms with Crippen LogP contribution in [-0.2, 0) is 14.8 Å². The van der Waals surface area contributed by atoms with Gasteiger partial charge in [-0.05, 0) is 36.4 Å².